The normalized spacial score (nSPS) is 43.7. The third-order valence-corrected chi connectivity index (χ3v) is 8.34. The maximum absolute atomic E-state index is 12.5. The van der Waals surface area contributed by atoms with Crippen LogP contribution >= 0.6 is 11.6 Å². The number of carbonyl (C=O) groups excluding carboxylic acids is 1. The molecule has 16 atom stereocenters. The zero-order valence-corrected chi connectivity index (χ0v) is 25.2. The summed E-state index contributed by atoms with van der Waals surface area (Å²) in [6.07, 6.45) is -22.2. The third-order valence-electron chi connectivity index (χ3n) is 8.08. The molecule has 19 nitrogen and oxygen atoms in total. The number of carboxylic acid groups (broad SMARTS) is 1. The highest BCUT2D eigenvalue weighted by molar-refractivity contribution is 6.17. The minimum Gasteiger partial charge on any atom is -0.544 e. The first-order valence-corrected chi connectivity index (χ1v) is 14.9. The Bertz CT molecular complexity index is 1010. The van der Waals surface area contributed by atoms with Crippen LogP contribution in [0.15, 0.2) is 5.11 Å². The van der Waals surface area contributed by atoms with Crippen LogP contribution in [0.4, 0.5) is 0 Å². The lowest BCUT2D eigenvalue weighted by molar-refractivity contribution is -0.411. The molecule has 0 radical (unpaired) electrons. The standard InChI is InChI=1S/C25H42ClN3O16/c1-9-11(33)6-25(24(38)39,44-19(9)14(10(2)32)28-29-27)45-21-15(34)12(7-30)41-23(18(21)37)43-20-13(8-31)42-22(17(36)16(20)35)40-5-3-4-26/h9-23,30-37H,3-8H2,1-2H3,(H,38,39)/p-1/t9-,10-,11-,12?,13?,14-,15+,16-,17?,18?,19?,20-,21+,22-,23+,25+/m1/s1. The van der Waals surface area contributed by atoms with Gasteiger partial charge in [0.25, 0.3) is 0 Å². The Balaban J connectivity index is 1.89. The summed E-state index contributed by atoms with van der Waals surface area (Å²) in [7, 11) is 0. The molecule has 45 heavy (non-hydrogen) atoms. The van der Waals surface area contributed by atoms with Crippen LogP contribution in [0, 0.1) is 5.92 Å². The van der Waals surface area contributed by atoms with Crippen molar-refractivity contribution in [2.24, 2.45) is 11.0 Å². The fourth-order valence-electron chi connectivity index (χ4n) is 5.48. The molecule has 0 aromatic carbocycles. The van der Waals surface area contributed by atoms with Gasteiger partial charge in [0.2, 0.25) is 5.79 Å². The number of carbonyl (C=O) groups is 1. The lowest BCUT2D eigenvalue weighted by atomic mass is 9.83. The molecule has 8 N–H and O–H groups in total. The predicted molar refractivity (Wildman–Crippen MR) is 144 cm³/mol. The van der Waals surface area contributed by atoms with Gasteiger partial charge in [0, 0.05) is 23.1 Å². The van der Waals surface area contributed by atoms with E-state index in [4.69, 9.17) is 45.6 Å². The monoisotopic (exact) mass is 674 g/mol. The molecule has 0 aliphatic carbocycles. The topological polar surface area (TPSA) is 306 Å². The molecular weight excluding hydrogens is 634 g/mol. The first-order chi connectivity index (χ1) is 21.3. The molecule has 0 saturated carbocycles. The van der Waals surface area contributed by atoms with Crippen molar-refractivity contribution in [3.8, 4) is 0 Å². The molecule has 0 amide bonds. The Kier molecular flexibility index (Phi) is 14.0. The second-order valence-corrected chi connectivity index (χ2v) is 11.6. The number of hydrogen-bond donors (Lipinski definition) is 8. The molecule has 5 unspecified atom stereocenters. The van der Waals surface area contributed by atoms with E-state index >= 15 is 0 Å². The lowest BCUT2D eigenvalue weighted by Gasteiger charge is -2.52. The Labute approximate surface area is 262 Å². The highest BCUT2D eigenvalue weighted by Gasteiger charge is 2.56. The number of hydrogen-bond acceptors (Lipinski definition) is 17. The number of aliphatic hydroxyl groups excluding tert-OH is 8. The van der Waals surface area contributed by atoms with Crippen LogP contribution in [0.3, 0.4) is 0 Å². The smallest absolute Gasteiger partial charge is 0.212 e. The molecule has 0 spiro atoms. The summed E-state index contributed by atoms with van der Waals surface area (Å²) in [5, 5.41) is 100. The number of rotatable bonds is 14. The number of carboxylic acids is 1. The van der Waals surface area contributed by atoms with Gasteiger partial charge in [-0.1, -0.05) is 12.0 Å². The van der Waals surface area contributed by atoms with Gasteiger partial charge in [0.15, 0.2) is 12.6 Å². The van der Waals surface area contributed by atoms with Crippen molar-refractivity contribution >= 4 is 17.6 Å². The van der Waals surface area contributed by atoms with Crippen molar-refractivity contribution in [3.63, 3.8) is 0 Å². The fraction of sp³-hybridized carbons (Fsp3) is 0.960. The molecule has 0 bridgehead atoms. The number of aliphatic carboxylic acids is 1. The second kappa shape index (κ2) is 16.6. The Hall–Kier alpha value is -1.49. The maximum Gasteiger partial charge on any atom is 0.212 e. The SMILES string of the molecule is C[C@@H](O)[C@@H](N=[N+]=[N-])C1O[C@@](O[C@@H]2C(O)[C@H](O[C@@H]3C(CO)O[C@@H](OCCCCl)C(O)[C@H]3O)OC(CO)[C@@H]2O)(C(=O)[O-])C[C@@H](O)[C@H]1C. The summed E-state index contributed by atoms with van der Waals surface area (Å²) in [4.78, 5) is 15.1. The van der Waals surface area contributed by atoms with E-state index in [2.05, 4.69) is 10.0 Å². The van der Waals surface area contributed by atoms with Crippen LogP contribution in [0.5, 0.6) is 0 Å². The average molecular weight is 675 g/mol. The van der Waals surface area contributed by atoms with Gasteiger partial charge in [0.1, 0.15) is 54.8 Å². The molecule has 3 saturated heterocycles. The van der Waals surface area contributed by atoms with E-state index in [1.807, 2.05) is 0 Å². The molecule has 0 aromatic rings. The molecule has 20 heteroatoms. The van der Waals surface area contributed by atoms with Gasteiger partial charge in [-0.25, -0.2) is 0 Å². The lowest BCUT2D eigenvalue weighted by Crippen LogP contribution is -2.69. The second-order valence-electron chi connectivity index (χ2n) is 11.2. The summed E-state index contributed by atoms with van der Waals surface area (Å²) >= 11 is 5.62. The van der Waals surface area contributed by atoms with Crippen molar-refractivity contribution in [3.05, 3.63) is 10.4 Å². The van der Waals surface area contributed by atoms with Crippen LogP contribution in [0.25, 0.3) is 10.4 Å². The number of halogens is 1. The van der Waals surface area contributed by atoms with Crippen LogP contribution in [0.1, 0.15) is 26.7 Å². The Morgan fingerprint density at radius 1 is 1.07 bits per heavy atom. The summed E-state index contributed by atoms with van der Waals surface area (Å²) < 4.78 is 33.3. The minimum absolute atomic E-state index is 0.0541. The van der Waals surface area contributed by atoms with Gasteiger partial charge in [-0.05, 0) is 18.9 Å². The molecule has 3 aliphatic heterocycles. The van der Waals surface area contributed by atoms with Crippen LogP contribution < -0.4 is 5.11 Å². The van der Waals surface area contributed by atoms with E-state index in [1.165, 1.54) is 13.8 Å². The highest BCUT2D eigenvalue weighted by Crippen LogP contribution is 2.40. The first-order valence-electron chi connectivity index (χ1n) is 14.3. The highest BCUT2D eigenvalue weighted by atomic mass is 35.5. The fourth-order valence-corrected chi connectivity index (χ4v) is 5.59. The molecule has 3 rings (SSSR count). The molecule has 3 fully saturated rings. The largest absolute Gasteiger partial charge is 0.544 e. The van der Waals surface area contributed by atoms with E-state index < -0.39 is 123 Å². The van der Waals surface area contributed by atoms with Gasteiger partial charge < -0.3 is 79.2 Å². The zero-order chi connectivity index (χ0) is 33.6. The molecule has 0 aromatic heterocycles. The number of nitrogens with zero attached hydrogens (tertiary/aromatic N) is 3. The Morgan fingerprint density at radius 3 is 2.27 bits per heavy atom. The van der Waals surface area contributed by atoms with Crippen molar-refractivity contribution in [1.82, 2.24) is 0 Å². The summed E-state index contributed by atoms with van der Waals surface area (Å²) in [6, 6.07) is -1.41. The summed E-state index contributed by atoms with van der Waals surface area (Å²) in [5.74, 6) is -5.63. The number of ether oxygens (including phenoxy) is 6. The van der Waals surface area contributed by atoms with Crippen molar-refractivity contribution < 1.29 is 79.2 Å². The van der Waals surface area contributed by atoms with Crippen molar-refractivity contribution in [1.29, 1.82) is 0 Å². The van der Waals surface area contributed by atoms with E-state index in [-0.39, 0.29) is 12.5 Å². The van der Waals surface area contributed by atoms with E-state index in [1.54, 1.807) is 0 Å². The maximum atomic E-state index is 12.5. The average Bonchev–Trinajstić information content (AvgIpc) is 3.00. The number of azide groups is 1. The van der Waals surface area contributed by atoms with Crippen LogP contribution in [-0.4, -0.2) is 164 Å². The van der Waals surface area contributed by atoms with E-state index in [9.17, 15) is 50.8 Å². The predicted octanol–water partition coefficient (Wildman–Crippen LogP) is -4.43. The van der Waals surface area contributed by atoms with Crippen LogP contribution in [-0.2, 0) is 33.2 Å². The van der Waals surface area contributed by atoms with Gasteiger partial charge in [-0.3, -0.25) is 0 Å². The van der Waals surface area contributed by atoms with Gasteiger partial charge >= 0.3 is 0 Å². The number of alkyl halides is 1. The zero-order valence-electron chi connectivity index (χ0n) is 24.5. The third kappa shape index (κ3) is 8.33. The minimum atomic E-state index is -2.91. The number of aliphatic hydroxyl groups is 8. The van der Waals surface area contributed by atoms with Gasteiger partial charge in [0.05, 0.1) is 44.2 Å². The van der Waals surface area contributed by atoms with E-state index in [0.29, 0.717) is 6.42 Å². The van der Waals surface area contributed by atoms with E-state index in [0.717, 1.165) is 0 Å². The molecular formula is C25H41ClN3O16-. The van der Waals surface area contributed by atoms with Crippen LogP contribution in [0.2, 0.25) is 0 Å². The van der Waals surface area contributed by atoms with Gasteiger partial charge in [-0.15, -0.1) is 11.6 Å². The summed E-state index contributed by atoms with van der Waals surface area (Å²) in [5.41, 5.74) is 8.97. The molecule has 260 valence electrons. The molecule has 3 heterocycles. The molecule has 3 aliphatic rings. The Morgan fingerprint density at radius 2 is 1.71 bits per heavy atom. The van der Waals surface area contributed by atoms with Crippen molar-refractivity contribution in [2.45, 2.75) is 118 Å². The van der Waals surface area contributed by atoms with Gasteiger partial charge in [-0.2, -0.15) is 0 Å². The first kappa shape index (κ1) is 38.0. The quantitative estimate of drug-likeness (QED) is 0.0283. The van der Waals surface area contributed by atoms with Crippen molar-refractivity contribution in [2.75, 3.05) is 25.7 Å². The summed E-state index contributed by atoms with van der Waals surface area (Å²) in [6.45, 7) is 1.05.